The molecule has 3 nitrogen and oxygen atoms in total. The number of rotatable bonds is 7. The predicted octanol–water partition coefficient (Wildman–Crippen LogP) is 3.57. The van der Waals surface area contributed by atoms with Crippen LogP contribution < -0.4 is 15.2 Å². The van der Waals surface area contributed by atoms with Crippen LogP contribution in [0.1, 0.15) is 22.3 Å². The molecule has 0 aliphatic carbocycles. The van der Waals surface area contributed by atoms with Gasteiger partial charge in [-0.2, -0.15) is 0 Å². The van der Waals surface area contributed by atoms with Crippen LogP contribution in [0.2, 0.25) is 0 Å². The van der Waals surface area contributed by atoms with Gasteiger partial charge in [0.25, 0.3) is 0 Å². The van der Waals surface area contributed by atoms with E-state index in [1.165, 1.54) is 22.3 Å². The summed E-state index contributed by atoms with van der Waals surface area (Å²) in [6.45, 7) is 8.01. The fourth-order valence-corrected chi connectivity index (χ4v) is 2.38. The molecule has 0 bridgehead atoms. The normalized spacial score (nSPS) is 10.5. The van der Waals surface area contributed by atoms with Gasteiger partial charge in [-0.1, -0.05) is 18.2 Å². The molecule has 2 aromatic rings. The summed E-state index contributed by atoms with van der Waals surface area (Å²) < 4.78 is 11.5. The molecule has 0 unspecified atom stereocenters. The minimum Gasteiger partial charge on any atom is -0.490 e. The van der Waals surface area contributed by atoms with Crippen molar-refractivity contribution in [1.82, 2.24) is 0 Å². The molecular weight excluding hydrogens is 274 g/mol. The Morgan fingerprint density at radius 1 is 0.909 bits per heavy atom. The highest BCUT2D eigenvalue weighted by atomic mass is 16.5. The fraction of sp³-hybridized carbons (Fsp3) is 0.368. The second-order valence-electron chi connectivity index (χ2n) is 5.58. The molecule has 22 heavy (non-hydrogen) atoms. The van der Waals surface area contributed by atoms with Gasteiger partial charge in [0, 0.05) is 0 Å². The number of benzene rings is 2. The largest absolute Gasteiger partial charge is 0.490 e. The second-order valence-corrected chi connectivity index (χ2v) is 5.58. The van der Waals surface area contributed by atoms with E-state index in [0.29, 0.717) is 19.8 Å². The van der Waals surface area contributed by atoms with E-state index < -0.39 is 0 Å². The molecule has 3 heteroatoms. The van der Waals surface area contributed by atoms with Gasteiger partial charge in [-0.15, -0.1) is 0 Å². The van der Waals surface area contributed by atoms with Crippen molar-refractivity contribution in [1.29, 1.82) is 0 Å². The maximum absolute atomic E-state index is 5.84. The fourth-order valence-electron chi connectivity index (χ4n) is 2.38. The lowest BCUT2D eigenvalue weighted by molar-refractivity contribution is 0.216. The molecule has 2 N–H and O–H groups in total. The Morgan fingerprint density at radius 3 is 2.27 bits per heavy atom. The third kappa shape index (κ3) is 4.50. The minimum absolute atomic E-state index is 0.530. The van der Waals surface area contributed by atoms with Gasteiger partial charge >= 0.3 is 0 Å². The first-order valence-corrected chi connectivity index (χ1v) is 7.72. The molecule has 0 amide bonds. The first-order chi connectivity index (χ1) is 10.6. The summed E-state index contributed by atoms with van der Waals surface area (Å²) in [5.41, 5.74) is 10.4. The molecule has 0 spiro atoms. The zero-order chi connectivity index (χ0) is 15.9. The Bertz CT molecular complexity index is 606. The van der Waals surface area contributed by atoms with Gasteiger partial charge in [-0.25, -0.2) is 0 Å². The SMILES string of the molecule is Cc1cc(C)c(C)c(OCCOc2ccc(CCN)cc2)c1. The van der Waals surface area contributed by atoms with Crippen molar-refractivity contribution in [2.24, 2.45) is 5.73 Å². The lowest BCUT2D eigenvalue weighted by atomic mass is 10.1. The van der Waals surface area contributed by atoms with Crippen molar-refractivity contribution in [2.45, 2.75) is 27.2 Å². The summed E-state index contributed by atoms with van der Waals surface area (Å²) >= 11 is 0. The third-order valence-corrected chi connectivity index (χ3v) is 3.73. The van der Waals surface area contributed by atoms with Crippen molar-refractivity contribution in [3.63, 3.8) is 0 Å². The van der Waals surface area contributed by atoms with Crippen LogP contribution in [0, 0.1) is 20.8 Å². The Balaban J connectivity index is 1.82. The van der Waals surface area contributed by atoms with E-state index in [1.54, 1.807) is 0 Å². The quantitative estimate of drug-likeness (QED) is 0.795. The average Bonchev–Trinajstić information content (AvgIpc) is 2.50. The van der Waals surface area contributed by atoms with Gasteiger partial charge in [0.1, 0.15) is 24.7 Å². The van der Waals surface area contributed by atoms with Crippen LogP contribution in [-0.2, 0) is 6.42 Å². The Morgan fingerprint density at radius 2 is 1.59 bits per heavy atom. The molecule has 0 saturated heterocycles. The van der Waals surface area contributed by atoms with Gasteiger partial charge in [-0.3, -0.25) is 0 Å². The Kier molecular flexibility index (Phi) is 5.84. The van der Waals surface area contributed by atoms with Gasteiger partial charge in [0.15, 0.2) is 0 Å². The molecule has 0 heterocycles. The molecule has 0 saturated carbocycles. The lowest BCUT2D eigenvalue weighted by Gasteiger charge is -2.13. The number of hydrogen-bond acceptors (Lipinski definition) is 3. The first kappa shape index (κ1) is 16.4. The zero-order valence-corrected chi connectivity index (χ0v) is 13.7. The second kappa shape index (κ2) is 7.85. The van der Waals surface area contributed by atoms with Crippen LogP contribution in [0.15, 0.2) is 36.4 Å². The van der Waals surface area contributed by atoms with Crippen molar-refractivity contribution >= 4 is 0 Å². The molecular formula is C19H25NO2. The van der Waals surface area contributed by atoms with Crippen molar-refractivity contribution < 1.29 is 9.47 Å². The molecule has 0 aliphatic heterocycles. The van der Waals surface area contributed by atoms with Gasteiger partial charge < -0.3 is 15.2 Å². The smallest absolute Gasteiger partial charge is 0.122 e. The molecule has 0 aliphatic rings. The van der Waals surface area contributed by atoms with E-state index in [2.05, 4.69) is 45.0 Å². The maximum atomic E-state index is 5.84. The minimum atomic E-state index is 0.530. The molecule has 0 atom stereocenters. The number of nitrogens with two attached hydrogens (primary N) is 1. The van der Waals surface area contributed by atoms with Crippen LogP contribution in [0.3, 0.4) is 0 Å². The zero-order valence-electron chi connectivity index (χ0n) is 13.7. The molecule has 0 radical (unpaired) electrons. The van der Waals surface area contributed by atoms with E-state index in [0.717, 1.165) is 17.9 Å². The van der Waals surface area contributed by atoms with Crippen LogP contribution in [-0.4, -0.2) is 19.8 Å². The van der Waals surface area contributed by atoms with E-state index in [9.17, 15) is 0 Å². The standard InChI is InChI=1S/C19H25NO2/c1-14-12-15(2)16(3)19(13-14)22-11-10-21-18-6-4-17(5-7-18)8-9-20/h4-7,12-13H,8-11,20H2,1-3H3. The molecule has 2 rings (SSSR count). The summed E-state index contributed by atoms with van der Waals surface area (Å²) in [6.07, 6.45) is 0.898. The molecule has 0 fully saturated rings. The predicted molar refractivity (Wildman–Crippen MR) is 90.8 cm³/mol. The van der Waals surface area contributed by atoms with Crippen molar-refractivity contribution in [2.75, 3.05) is 19.8 Å². The van der Waals surface area contributed by atoms with Crippen LogP contribution in [0.25, 0.3) is 0 Å². The van der Waals surface area contributed by atoms with Gasteiger partial charge in [0.2, 0.25) is 0 Å². The van der Waals surface area contributed by atoms with Crippen molar-refractivity contribution in [3.05, 3.63) is 58.7 Å². The molecule has 0 aromatic heterocycles. The van der Waals surface area contributed by atoms with Gasteiger partial charge in [0.05, 0.1) is 0 Å². The monoisotopic (exact) mass is 299 g/mol. The van der Waals surface area contributed by atoms with Gasteiger partial charge in [-0.05, 0) is 74.2 Å². The van der Waals surface area contributed by atoms with E-state index in [4.69, 9.17) is 15.2 Å². The lowest BCUT2D eigenvalue weighted by Crippen LogP contribution is -2.10. The molecule has 118 valence electrons. The summed E-state index contributed by atoms with van der Waals surface area (Å²) in [5, 5.41) is 0. The van der Waals surface area contributed by atoms with Crippen LogP contribution >= 0.6 is 0 Å². The van der Waals surface area contributed by atoms with E-state index in [-0.39, 0.29) is 0 Å². The Hall–Kier alpha value is -2.00. The highest BCUT2D eigenvalue weighted by Crippen LogP contribution is 2.23. The molecule has 2 aromatic carbocycles. The highest BCUT2D eigenvalue weighted by molar-refractivity contribution is 5.41. The summed E-state index contributed by atoms with van der Waals surface area (Å²) in [7, 11) is 0. The Labute approximate surface area is 133 Å². The summed E-state index contributed by atoms with van der Waals surface area (Å²) in [6, 6.07) is 12.3. The van der Waals surface area contributed by atoms with Crippen molar-refractivity contribution in [3.8, 4) is 11.5 Å². The van der Waals surface area contributed by atoms with Crippen LogP contribution in [0.5, 0.6) is 11.5 Å². The van der Waals surface area contributed by atoms with E-state index in [1.807, 2.05) is 12.1 Å². The maximum Gasteiger partial charge on any atom is 0.122 e. The topological polar surface area (TPSA) is 44.5 Å². The number of aryl methyl sites for hydroxylation is 2. The first-order valence-electron chi connectivity index (χ1n) is 7.72. The van der Waals surface area contributed by atoms with Crippen LogP contribution in [0.4, 0.5) is 0 Å². The number of ether oxygens (including phenoxy) is 2. The average molecular weight is 299 g/mol. The summed E-state index contributed by atoms with van der Waals surface area (Å²) in [4.78, 5) is 0. The van der Waals surface area contributed by atoms with E-state index >= 15 is 0 Å². The third-order valence-electron chi connectivity index (χ3n) is 3.73. The highest BCUT2D eigenvalue weighted by Gasteiger charge is 2.04. The summed E-state index contributed by atoms with van der Waals surface area (Å²) in [5.74, 6) is 1.81. The number of hydrogen-bond donors (Lipinski definition) is 1.